The molecule has 4 nitrogen and oxygen atoms in total. The third kappa shape index (κ3) is 3.00. The van der Waals surface area contributed by atoms with Crippen LogP contribution in [-0.2, 0) is 9.59 Å². The maximum absolute atomic E-state index is 12.7. The molecule has 2 aromatic rings. The minimum absolute atomic E-state index is 0.145. The van der Waals surface area contributed by atoms with E-state index in [0.29, 0.717) is 5.75 Å². The molecule has 0 atom stereocenters. The number of carbonyl (C=O) groups is 3. The predicted octanol–water partition coefficient (Wildman–Crippen LogP) is 3.21. The summed E-state index contributed by atoms with van der Waals surface area (Å²) in [5.41, 5.74) is 1.24. The van der Waals surface area contributed by atoms with Crippen molar-refractivity contribution in [3.63, 3.8) is 0 Å². The zero-order chi connectivity index (χ0) is 17.1. The van der Waals surface area contributed by atoms with Gasteiger partial charge in [-0.25, -0.2) is 0 Å². The predicted molar refractivity (Wildman–Crippen MR) is 89.2 cm³/mol. The average Bonchev–Trinajstić information content (AvgIpc) is 2.61. The molecule has 3 rings (SSSR count). The monoisotopic (exact) mass is 322 g/mol. The van der Waals surface area contributed by atoms with Gasteiger partial charge in [-0.15, -0.1) is 0 Å². The molecule has 1 aliphatic rings. The molecule has 1 fully saturated rings. The summed E-state index contributed by atoms with van der Waals surface area (Å²) in [6.07, 6.45) is 0.419. The van der Waals surface area contributed by atoms with E-state index < -0.39 is 11.7 Å². The lowest BCUT2D eigenvalue weighted by Crippen LogP contribution is -2.38. The summed E-state index contributed by atoms with van der Waals surface area (Å²) in [5, 5.41) is 0. The molecule has 0 spiro atoms. The van der Waals surface area contributed by atoms with Gasteiger partial charge in [0.2, 0.25) is 0 Å². The summed E-state index contributed by atoms with van der Waals surface area (Å²) in [7, 11) is 1.46. The Balaban J connectivity index is 1.85. The van der Waals surface area contributed by atoms with E-state index in [4.69, 9.17) is 4.74 Å². The van der Waals surface area contributed by atoms with E-state index in [9.17, 15) is 14.4 Å². The Bertz CT molecular complexity index is 761. The Morgan fingerprint density at radius 3 is 2.12 bits per heavy atom. The number of benzene rings is 2. The van der Waals surface area contributed by atoms with E-state index >= 15 is 0 Å². The molecule has 1 saturated carbocycles. The van der Waals surface area contributed by atoms with E-state index in [1.54, 1.807) is 24.3 Å². The lowest BCUT2D eigenvalue weighted by atomic mass is 9.74. The number of Topliss-reactive ketones (excluding diaryl/α,β-unsaturated/α-hetero) is 3. The van der Waals surface area contributed by atoms with Crippen LogP contribution in [0.5, 0.6) is 5.75 Å². The molecule has 0 saturated heterocycles. The number of rotatable bonds is 4. The number of methoxy groups -OCH3 is 1. The highest BCUT2D eigenvalue weighted by Gasteiger charge is 2.41. The van der Waals surface area contributed by atoms with Crippen molar-refractivity contribution < 1.29 is 19.1 Å². The molecule has 2 aromatic carbocycles. The Morgan fingerprint density at radius 1 is 0.917 bits per heavy atom. The van der Waals surface area contributed by atoms with Gasteiger partial charge in [-0.3, -0.25) is 14.4 Å². The third-order valence-corrected chi connectivity index (χ3v) is 4.44. The molecule has 0 N–H and O–H groups in total. The van der Waals surface area contributed by atoms with Crippen LogP contribution in [0.4, 0.5) is 0 Å². The Morgan fingerprint density at radius 2 is 1.50 bits per heavy atom. The fourth-order valence-electron chi connectivity index (χ4n) is 3.23. The van der Waals surface area contributed by atoms with Crippen molar-refractivity contribution >= 4 is 17.3 Å². The van der Waals surface area contributed by atoms with Crippen LogP contribution in [0.1, 0.15) is 34.7 Å². The molecule has 122 valence electrons. The molecular weight excluding hydrogens is 304 g/mol. The number of hydrogen-bond acceptors (Lipinski definition) is 4. The second kappa shape index (κ2) is 6.79. The molecule has 1 aliphatic carbocycles. The van der Waals surface area contributed by atoms with Crippen LogP contribution in [-0.4, -0.2) is 24.5 Å². The molecule has 0 aliphatic heterocycles. The minimum Gasteiger partial charge on any atom is -0.496 e. The summed E-state index contributed by atoms with van der Waals surface area (Å²) in [4.78, 5) is 37.8. The molecule has 24 heavy (non-hydrogen) atoms. The van der Waals surface area contributed by atoms with Crippen molar-refractivity contribution in [2.24, 2.45) is 5.92 Å². The van der Waals surface area contributed by atoms with Crippen LogP contribution in [0.15, 0.2) is 54.6 Å². The zero-order valence-electron chi connectivity index (χ0n) is 13.4. The maximum Gasteiger partial charge on any atom is 0.184 e. The molecule has 0 heterocycles. The highest BCUT2D eigenvalue weighted by atomic mass is 16.5. The van der Waals surface area contributed by atoms with E-state index in [1.807, 2.05) is 30.3 Å². The SMILES string of the molecule is COc1ccccc1C(=O)C1C(=O)CC(c2ccccc2)CC1=O. The van der Waals surface area contributed by atoms with Crippen LogP contribution >= 0.6 is 0 Å². The Hall–Kier alpha value is -2.75. The zero-order valence-corrected chi connectivity index (χ0v) is 13.4. The van der Waals surface area contributed by atoms with E-state index in [2.05, 4.69) is 0 Å². The van der Waals surface area contributed by atoms with Crippen molar-refractivity contribution in [3.8, 4) is 5.75 Å². The third-order valence-electron chi connectivity index (χ3n) is 4.44. The Kier molecular flexibility index (Phi) is 4.56. The molecule has 0 amide bonds. The van der Waals surface area contributed by atoms with E-state index in [0.717, 1.165) is 5.56 Å². The molecule has 0 radical (unpaired) electrons. The van der Waals surface area contributed by atoms with Gasteiger partial charge in [-0.1, -0.05) is 42.5 Å². The first-order valence-corrected chi connectivity index (χ1v) is 7.89. The summed E-state index contributed by atoms with van der Waals surface area (Å²) in [6.45, 7) is 0. The Labute approximate surface area is 140 Å². The maximum atomic E-state index is 12.7. The van der Waals surface area contributed by atoms with Gasteiger partial charge < -0.3 is 4.74 Å². The quantitative estimate of drug-likeness (QED) is 0.640. The van der Waals surface area contributed by atoms with E-state index in [1.165, 1.54) is 7.11 Å². The molecule has 0 aromatic heterocycles. The van der Waals surface area contributed by atoms with Crippen LogP contribution < -0.4 is 4.74 Å². The standard InChI is InChI=1S/C20H18O4/c1-24-18-10-6-5-9-15(18)20(23)19-16(21)11-14(12-17(19)22)13-7-3-2-4-8-13/h2-10,14,19H,11-12H2,1H3. The largest absolute Gasteiger partial charge is 0.496 e. The lowest BCUT2D eigenvalue weighted by molar-refractivity contribution is -0.133. The molecule has 0 bridgehead atoms. The molecule has 0 unspecified atom stereocenters. The van der Waals surface area contributed by atoms with Gasteiger partial charge in [0.1, 0.15) is 11.7 Å². The molecular formula is C20H18O4. The van der Waals surface area contributed by atoms with Gasteiger partial charge in [0.15, 0.2) is 17.3 Å². The highest BCUT2D eigenvalue weighted by molar-refractivity contribution is 6.26. The fraction of sp³-hybridized carbons (Fsp3) is 0.250. The van der Waals surface area contributed by atoms with Crippen LogP contribution in [0, 0.1) is 5.92 Å². The summed E-state index contributed by atoms with van der Waals surface area (Å²) in [5.74, 6) is -2.05. The van der Waals surface area contributed by atoms with Gasteiger partial charge >= 0.3 is 0 Å². The smallest absolute Gasteiger partial charge is 0.184 e. The summed E-state index contributed by atoms with van der Waals surface area (Å²) < 4.78 is 5.17. The van der Waals surface area contributed by atoms with Gasteiger partial charge in [0.05, 0.1) is 12.7 Å². The van der Waals surface area contributed by atoms with Crippen molar-refractivity contribution in [1.82, 2.24) is 0 Å². The average molecular weight is 322 g/mol. The first-order valence-electron chi connectivity index (χ1n) is 7.89. The van der Waals surface area contributed by atoms with Gasteiger partial charge in [0.25, 0.3) is 0 Å². The van der Waals surface area contributed by atoms with Crippen LogP contribution in [0.2, 0.25) is 0 Å². The van der Waals surface area contributed by atoms with Crippen LogP contribution in [0.25, 0.3) is 0 Å². The highest BCUT2D eigenvalue weighted by Crippen LogP contribution is 2.34. The van der Waals surface area contributed by atoms with Crippen molar-refractivity contribution in [2.45, 2.75) is 18.8 Å². The number of carbonyl (C=O) groups excluding carboxylic acids is 3. The second-order valence-corrected chi connectivity index (χ2v) is 5.95. The van der Waals surface area contributed by atoms with Crippen molar-refractivity contribution in [2.75, 3.05) is 7.11 Å². The summed E-state index contributed by atoms with van der Waals surface area (Å²) >= 11 is 0. The van der Waals surface area contributed by atoms with Gasteiger partial charge in [-0.2, -0.15) is 0 Å². The molecule has 4 heteroatoms. The van der Waals surface area contributed by atoms with Crippen molar-refractivity contribution in [1.29, 1.82) is 0 Å². The van der Waals surface area contributed by atoms with Gasteiger partial charge in [0, 0.05) is 12.8 Å². The first-order chi connectivity index (χ1) is 11.6. The second-order valence-electron chi connectivity index (χ2n) is 5.95. The number of para-hydroxylation sites is 1. The van der Waals surface area contributed by atoms with Gasteiger partial charge in [-0.05, 0) is 23.6 Å². The van der Waals surface area contributed by atoms with Crippen LogP contribution in [0.3, 0.4) is 0 Å². The number of ketones is 3. The fourth-order valence-corrected chi connectivity index (χ4v) is 3.23. The number of ether oxygens (including phenoxy) is 1. The number of hydrogen-bond donors (Lipinski definition) is 0. The minimum atomic E-state index is -1.21. The topological polar surface area (TPSA) is 60.4 Å². The van der Waals surface area contributed by atoms with E-state index in [-0.39, 0.29) is 35.9 Å². The summed E-state index contributed by atoms with van der Waals surface area (Å²) in [6, 6.07) is 16.2. The normalized spacial score (nSPS) is 20.7. The first kappa shape index (κ1) is 16.1. The van der Waals surface area contributed by atoms with Crippen molar-refractivity contribution in [3.05, 3.63) is 65.7 Å². The lowest BCUT2D eigenvalue weighted by Gasteiger charge is -2.26.